The van der Waals surface area contributed by atoms with Crippen molar-refractivity contribution in [1.82, 2.24) is 19.7 Å². The fourth-order valence-electron chi connectivity index (χ4n) is 4.46. The van der Waals surface area contributed by atoms with Crippen LogP contribution in [0.2, 0.25) is 0 Å². The van der Waals surface area contributed by atoms with Gasteiger partial charge in [-0.05, 0) is 48.7 Å². The highest BCUT2D eigenvalue weighted by Crippen LogP contribution is 2.35. The fraction of sp³-hybridized carbons (Fsp3) is 0.240. The van der Waals surface area contributed by atoms with Gasteiger partial charge in [0.1, 0.15) is 5.82 Å². The van der Waals surface area contributed by atoms with Crippen LogP contribution in [-0.2, 0) is 20.1 Å². The second-order valence-electron chi connectivity index (χ2n) is 8.36. The number of aliphatic hydroxyl groups excluding tert-OH is 1. The van der Waals surface area contributed by atoms with Gasteiger partial charge in [-0.25, -0.2) is 4.39 Å². The SMILES string of the molecule is Cc1cc(-c2ccc(C(C)O)c3nn(C)cc23)cc(F)c1CN1Cc2ncccc2C1=O. The van der Waals surface area contributed by atoms with E-state index in [0.29, 0.717) is 23.2 Å². The van der Waals surface area contributed by atoms with Gasteiger partial charge in [0.25, 0.3) is 5.91 Å². The van der Waals surface area contributed by atoms with Crippen LogP contribution in [0.25, 0.3) is 22.0 Å². The maximum absolute atomic E-state index is 15.3. The van der Waals surface area contributed by atoms with E-state index in [4.69, 9.17) is 0 Å². The van der Waals surface area contributed by atoms with Crippen LogP contribution in [0, 0.1) is 12.7 Å². The minimum absolute atomic E-state index is 0.123. The van der Waals surface area contributed by atoms with E-state index in [1.165, 1.54) is 6.07 Å². The van der Waals surface area contributed by atoms with E-state index in [1.54, 1.807) is 34.8 Å². The number of nitrogens with zero attached hydrogens (tertiary/aromatic N) is 4. The van der Waals surface area contributed by atoms with E-state index in [9.17, 15) is 9.90 Å². The molecule has 0 fully saturated rings. The maximum Gasteiger partial charge on any atom is 0.256 e. The van der Waals surface area contributed by atoms with E-state index in [-0.39, 0.29) is 18.3 Å². The van der Waals surface area contributed by atoms with Crippen LogP contribution < -0.4 is 0 Å². The second kappa shape index (κ2) is 7.53. The number of aliphatic hydroxyl groups is 1. The van der Waals surface area contributed by atoms with Crippen LogP contribution in [0.1, 0.15) is 45.8 Å². The molecule has 5 rings (SSSR count). The predicted molar refractivity (Wildman–Crippen MR) is 119 cm³/mol. The number of fused-ring (bicyclic) bond motifs is 2. The number of aromatic nitrogens is 3. The number of hydrogen-bond donors (Lipinski definition) is 1. The molecule has 1 aliphatic rings. The van der Waals surface area contributed by atoms with Crippen LogP contribution in [0.3, 0.4) is 0 Å². The topological polar surface area (TPSA) is 71.2 Å². The molecule has 4 aromatic rings. The lowest BCUT2D eigenvalue weighted by atomic mass is 9.94. The van der Waals surface area contributed by atoms with Gasteiger partial charge in [0.2, 0.25) is 0 Å². The molecule has 0 radical (unpaired) electrons. The summed E-state index contributed by atoms with van der Waals surface area (Å²) in [5.74, 6) is -0.477. The van der Waals surface area contributed by atoms with Gasteiger partial charge >= 0.3 is 0 Å². The van der Waals surface area contributed by atoms with Crippen molar-refractivity contribution in [2.75, 3.05) is 0 Å². The molecule has 7 heteroatoms. The standard InChI is InChI=1S/C25H23FN4O2/c1-14-9-16(18-7-6-17(15(2)31)24-21(18)11-29(3)28-24)10-22(26)20(14)12-30-13-23-19(25(30)32)5-4-8-27-23/h4-11,15,31H,12-13H2,1-3H3. The van der Waals surface area contributed by atoms with E-state index in [0.717, 1.165) is 33.3 Å². The van der Waals surface area contributed by atoms with Crippen molar-refractivity contribution in [3.8, 4) is 11.1 Å². The Morgan fingerprint density at radius 2 is 2.03 bits per heavy atom. The Morgan fingerprint density at radius 3 is 2.75 bits per heavy atom. The van der Waals surface area contributed by atoms with Gasteiger partial charge in [0, 0.05) is 42.5 Å². The number of aryl methyl sites for hydroxylation is 2. The number of hydrogen-bond acceptors (Lipinski definition) is 4. The Labute approximate surface area is 184 Å². The zero-order chi connectivity index (χ0) is 22.6. The number of carbonyl (C=O) groups excluding carboxylic acids is 1. The van der Waals surface area contributed by atoms with Gasteiger partial charge in [0.15, 0.2) is 0 Å². The predicted octanol–water partition coefficient (Wildman–Crippen LogP) is 4.29. The Bertz CT molecular complexity index is 1350. The monoisotopic (exact) mass is 430 g/mol. The molecule has 6 nitrogen and oxygen atoms in total. The molecule has 3 heterocycles. The molecule has 32 heavy (non-hydrogen) atoms. The smallest absolute Gasteiger partial charge is 0.256 e. The molecule has 0 aliphatic carbocycles. The van der Waals surface area contributed by atoms with Crippen LogP contribution in [-0.4, -0.2) is 30.7 Å². The van der Waals surface area contributed by atoms with Crippen molar-refractivity contribution in [3.63, 3.8) is 0 Å². The summed E-state index contributed by atoms with van der Waals surface area (Å²) in [7, 11) is 1.82. The lowest BCUT2D eigenvalue weighted by molar-refractivity contribution is 0.0764. The van der Waals surface area contributed by atoms with Gasteiger partial charge in [-0.1, -0.05) is 18.2 Å². The van der Waals surface area contributed by atoms with Gasteiger partial charge in [-0.2, -0.15) is 5.10 Å². The average molecular weight is 430 g/mol. The van der Waals surface area contributed by atoms with E-state index < -0.39 is 6.10 Å². The Balaban J connectivity index is 1.52. The highest BCUT2D eigenvalue weighted by molar-refractivity contribution is 5.98. The summed E-state index contributed by atoms with van der Waals surface area (Å²) in [5, 5.41) is 15.4. The Kier molecular flexibility index (Phi) is 4.78. The lowest BCUT2D eigenvalue weighted by Gasteiger charge is -2.19. The zero-order valence-corrected chi connectivity index (χ0v) is 18.1. The summed E-state index contributed by atoms with van der Waals surface area (Å²) in [4.78, 5) is 18.6. The van der Waals surface area contributed by atoms with Crippen LogP contribution in [0.5, 0.6) is 0 Å². The molecule has 0 bridgehead atoms. The van der Waals surface area contributed by atoms with Crippen molar-refractivity contribution >= 4 is 16.8 Å². The third-order valence-corrected chi connectivity index (χ3v) is 6.10. The lowest BCUT2D eigenvalue weighted by Crippen LogP contribution is -2.24. The first-order valence-corrected chi connectivity index (χ1v) is 10.5. The molecule has 1 unspecified atom stereocenters. The summed E-state index contributed by atoms with van der Waals surface area (Å²) in [6, 6.07) is 10.7. The van der Waals surface area contributed by atoms with Crippen molar-refractivity contribution < 1.29 is 14.3 Å². The second-order valence-corrected chi connectivity index (χ2v) is 8.36. The number of rotatable bonds is 4. The van der Waals surface area contributed by atoms with Crippen molar-refractivity contribution in [3.05, 3.63) is 82.6 Å². The normalized spacial score (nSPS) is 14.3. The summed E-state index contributed by atoms with van der Waals surface area (Å²) >= 11 is 0. The minimum Gasteiger partial charge on any atom is -0.389 e. The maximum atomic E-state index is 15.3. The fourth-order valence-corrected chi connectivity index (χ4v) is 4.46. The number of amides is 1. The first-order chi connectivity index (χ1) is 15.3. The third kappa shape index (κ3) is 3.26. The third-order valence-electron chi connectivity index (χ3n) is 6.10. The molecule has 2 aromatic heterocycles. The Hall–Kier alpha value is -3.58. The molecule has 1 amide bonds. The van der Waals surface area contributed by atoms with Gasteiger partial charge in [-0.15, -0.1) is 0 Å². The number of halogens is 1. The van der Waals surface area contributed by atoms with E-state index in [2.05, 4.69) is 10.1 Å². The molecule has 162 valence electrons. The largest absolute Gasteiger partial charge is 0.389 e. The molecule has 2 aromatic carbocycles. The first kappa shape index (κ1) is 20.3. The van der Waals surface area contributed by atoms with Crippen molar-refractivity contribution in [2.24, 2.45) is 7.05 Å². The van der Waals surface area contributed by atoms with Gasteiger partial charge in [-0.3, -0.25) is 14.5 Å². The van der Waals surface area contributed by atoms with Gasteiger partial charge in [0.05, 0.1) is 29.4 Å². The summed E-state index contributed by atoms with van der Waals surface area (Å²) in [6.07, 6.45) is 2.89. The van der Waals surface area contributed by atoms with E-state index in [1.807, 2.05) is 38.4 Å². The molecular weight excluding hydrogens is 407 g/mol. The minimum atomic E-state index is -0.654. The number of benzene rings is 2. The van der Waals surface area contributed by atoms with Gasteiger partial charge < -0.3 is 10.0 Å². The summed E-state index contributed by atoms with van der Waals surface area (Å²) in [5.41, 5.74) is 5.60. The highest BCUT2D eigenvalue weighted by atomic mass is 19.1. The van der Waals surface area contributed by atoms with Crippen LogP contribution in [0.15, 0.2) is 48.8 Å². The molecule has 1 atom stereocenters. The number of carbonyl (C=O) groups is 1. The van der Waals surface area contributed by atoms with Crippen molar-refractivity contribution in [1.29, 1.82) is 0 Å². The molecule has 1 N–H and O–H groups in total. The van der Waals surface area contributed by atoms with E-state index >= 15 is 4.39 Å². The van der Waals surface area contributed by atoms with Crippen molar-refractivity contribution in [2.45, 2.75) is 33.0 Å². The molecule has 1 aliphatic heterocycles. The van der Waals surface area contributed by atoms with Crippen LogP contribution >= 0.6 is 0 Å². The molecule has 0 spiro atoms. The summed E-state index contributed by atoms with van der Waals surface area (Å²) in [6.45, 7) is 4.14. The Morgan fingerprint density at radius 1 is 1.22 bits per heavy atom. The molecule has 0 saturated carbocycles. The highest BCUT2D eigenvalue weighted by Gasteiger charge is 2.29. The first-order valence-electron chi connectivity index (χ1n) is 10.5. The number of pyridine rings is 1. The quantitative estimate of drug-likeness (QED) is 0.524. The average Bonchev–Trinajstić information content (AvgIpc) is 3.29. The van der Waals surface area contributed by atoms with Crippen LogP contribution in [0.4, 0.5) is 4.39 Å². The summed E-state index contributed by atoms with van der Waals surface area (Å²) < 4.78 is 17.0. The molecule has 0 saturated heterocycles. The zero-order valence-electron chi connectivity index (χ0n) is 18.1. The molecular formula is C25H23FN4O2.